The minimum absolute atomic E-state index is 0.0463. The second kappa shape index (κ2) is 7.32. The number of hydrogen-bond donors (Lipinski definition) is 3. The molecule has 0 saturated carbocycles. The molecule has 3 aromatic carbocycles. The SMILES string of the molecule is CCCCNCCN=c1ccc2c(O)[nH]nc3c4ccccc4c(=O)c1c23. The van der Waals surface area contributed by atoms with E-state index in [1.165, 1.54) is 0 Å². The van der Waals surface area contributed by atoms with Gasteiger partial charge in [-0.05, 0) is 25.1 Å². The third-order valence-corrected chi connectivity index (χ3v) is 4.88. The van der Waals surface area contributed by atoms with E-state index in [2.05, 4.69) is 27.4 Å². The maximum Gasteiger partial charge on any atom is 0.213 e. The summed E-state index contributed by atoms with van der Waals surface area (Å²) in [6, 6.07) is 11.0. The molecule has 4 aromatic rings. The van der Waals surface area contributed by atoms with Gasteiger partial charge in [0.25, 0.3) is 0 Å². The van der Waals surface area contributed by atoms with Crippen molar-refractivity contribution in [3.8, 4) is 5.88 Å². The molecule has 0 aliphatic heterocycles. The normalized spacial score (nSPS) is 12.6. The molecular formula is C21H22N4O2. The van der Waals surface area contributed by atoms with Gasteiger partial charge in [0.2, 0.25) is 5.88 Å². The lowest BCUT2D eigenvalue weighted by molar-refractivity contribution is 0.453. The number of nitrogens with zero attached hydrogens (tertiary/aromatic N) is 2. The van der Waals surface area contributed by atoms with E-state index in [4.69, 9.17) is 0 Å². The standard InChI is InChI=1S/C21H22N4O2/c1-2-3-10-22-11-12-23-16-9-8-15-17-18(16)20(26)14-7-5-4-6-13(14)19(17)24-25-21(15)27/h4-9,22,25,27H,2-3,10-12H2,1H3. The van der Waals surface area contributed by atoms with Crippen LogP contribution in [-0.4, -0.2) is 34.9 Å². The van der Waals surface area contributed by atoms with E-state index < -0.39 is 0 Å². The largest absolute Gasteiger partial charge is 0.493 e. The number of rotatable bonds is 6. The van der Waals surface area contributed by atoms with Crippen molar-refractivity contribution in [2.75, 3.05) is 19.6 Å². The number of nitrogens with one attached hydrogen (secondary N) is 2. The molecule has 1 aromatic heterocycles. The van der Waals surface area contributed by atoms with Gasteiger partial charge in [-0.3, -0.25) is 9.79 Å². The van der Waals surface area contributed by atoms with Crippen molar-refractivity contribution in [3.63, 3.8) is 0 Å². The van der Waals surface area contributed by atoms with Gasteiger partial charge >= 0.3 is 0 Å². The Morgan fingerprint density at radius 1 is 1.07 bits per heavy atom. The molecule has 27 heavy (non-hydrogen) atoms. The van der Waals surface area contributed by atoms with Crippen LogP contribution in [0.5, 0.6) is 5.88 Å². The molecule has 0 radical (unpaired) electrons. The fourth-order valence-corrected chi connectivity index (χ4v) is 3.52. The molecule has 138 valence electrons. The van der Waals surface area contributed by atoms with E-state index in [-0.39, 0.29) is 11.3 Å². The fraction of sp³-hybridized carbons (Fsp3) is 0.286. The minimum Gasteiger partial charge on any atom is -0.493 e. The van der Waals surface area contributed by atoms with Crippen molar-refractivity contribution in [3.05, 3.63) is 52.0 Å². The first-order valence-electron chi connectivity index (χ1n) is 9.32. The topological polar surface area (TPSA) is 90.4 Å². The number of H-pyrrole nitrogens is 1. The molecule has 0 unspecified atom stereocenters. The maximum absolute atomic E-state index is 13.2. The van der Waals surface area contributed by atoms with Gasteiger partial charge in [-0.15, -0.1) is 0 Å². The van der Waals surface area contributed by atoms with Crippen LogP contribution in [0.25, 0.3) is 32.4 Å². The number of aromatic hydroxyl groups is 1. The van der Waals surface area contributed by atoms with Gasteiger partial charge in [-0.25, -0.2) is 5.10 Å². The van der Waals surface area contributed by atoms with Crippen LogP contribution in [0, 0.1) is 0 Å². The van der Waals surface area contributed by atoms with Crippen molar-refractivity contribution >= 4 is 32.4 Å². The number of aromatic nitrogens is 2. The number of unbranched alkanes of at least 4 members (excludes halogenated alkanes) is 1. The molecular weight excluding hydrogens is 340 g/mol. The fourth-order valence-electron chi connectivity index (χ4n) is 3.52. The summed E-state index contributed by atoms with van der Waals surface area (Å²) in [6.45, 7) is 4.49. The smallest absolute Gasteiger partial charge is 0.213 e. The molecule has 0 aliphatic carbocycles. The van der Waals surface area contributed by atoms with Crippen LogP contribution in [0.1, 0.15) is 19.8 Å². The van der Waals surface area contributed by atoms with E-state index in [0.717, 1.165) is 31.3 Å². The van der Waals surface area contributed by atoms with E-state index in [1.807, 2.05) is 24.3 Å². The van der Waals surface area contributed by atoms with Crippen LogP contribution in [0.15, 0.2) is 46.2 Å². The average Bonchev–Trinajstić information content (AvgIpc) is 2.70. The van der Waals surface area contributed by atoms with Gasteiger partial charge in [-0.1, -0.05) is 37.6 Å². The van der Waals surface area contributed by atoms with E-state index in [9.17, 15) is 9.90 Å². The van der Waals surface area contributed by atoms with Crippen LogP contribution in [-0.2, 0) is 0 Å². The minimum atomic E-state index is -0.0752. The maximum atomic E-state index is 13.2. The molecule has 6 nitrogen and oxygen atoms in total. The van der Waals surface area contributed by atoms with Gasteiger partial charge < -0.3 is 10.4 Å². The predicted molar refractivity (Wildman–Crippen MR) is 108 cm³/mol. The Kier molecular flexibility index (Phi) is 4.73. The summed E-state index contributed by atoms with van der Waals surface area (Å²) in [5.74, 6) is -0.0463. The molecule has 4 rings (SSSR count). The number of benzene rings is 3. The molecule has 6 heteroatoms. The van der Waals surface area contributed by atoms with Gasteiger partial charge in [0.05, 0.1) is 17.3 Å². The second-order valence-corrected chi connectivity index (χ2v) is 6.66. The van der Waals surface area contributed by atoms with Gasteiger partial charge in [0, 0.05) is 28.1 Å². The van der Waals surface area contributed by atoms with Crippen LogP contribution >= 0.6 is 0 Å². The summed E-state index contributed by atoms with van der Waals surface area (Å²) < 4.78 is 0. The lowest BCUT2D eigenvalue weighted by Gasteiger charge is -2.09. The summed E-state index contributed by atoms with van der Waals surface area (Å²) in [6.07, 6.45) is 2.30. The molecule has 3 N–H and O–H groups in total. The molecule has 0 bridgehead atoms. The number of aromatic amines is 1. The first kappa shape index (κ1) is 17.4. The van der Waals surface area contributed by atoms with Gasteiger partial charge in [-0.2, -0.15) is 5.10 Å². The van der Waals surface area contributed by atoms with Gasteiger partial charge in [0.1, 0.15) is 5.52 Å². The van der Waals surface area contributed by atoms with Crippen molar-refractivity contribution in [1.82, 2.24) is 15.5 Å². The average molecular weight is 362 g/mol. The summed E-state index contributed by atoms with van der Waals surface area (Å²) in [7, 11) is 0. The Labute approximate surface area is 155 Å². The molecule has 0 fully saturated rings. The molecule has 0 spiro atoms. The lowest BCUT2D eigenvalue weighted by Crippen LogP contribution is -2.21. The summed E-state index contributed by atoms with van der Waals surface area (Å²) in [4.78, 5) is 17.9. The summed E-state index contributed by atoms with van der Waals surface area (Å²) >= 11 is 0. The molecule has 0 amide bonds. The van der Waals surface area contributed by atoms with E-state index in [1.54, 1.807) is 12.1 Å². The summed E-state index contributed by atoms with van der Waals surface area (Å²) in [5.41, 5.74) is 0.597. The summed E-state index contributed by atoms with van der Waals surface area (Å²) in [5, 5.41) is 24.3. The van der Waals surface area contributed by atoms with Crippen LogP contribution in [0.3, 0.4) is 0 Å². The van der Waals surface area contributed by atoms with Crippen molar-refractivity contribution in [1.29, 1.82) is 0 Å². The predicted octanol–water partition coefficient (Wildman–Crippen LogP) is 2.66. The molecule has 1 heterocycles. The Balaban J connectivity index is 1.93. The molecule has 0 aliphatic rings. The Hall–Kier alpha value is -2.99. The van der Waals surface area contributed by atoms with Crippen LogP contribution in [0.4, 0.5) is 0 Å². The third-order valence-electron chi connectivity index (χ3n) is 4.88. The highest BCUT2D eigenvalue weighted by Gasteiger charge is 2.16. The Morgan fingerprint density at radius 2 is 1.89 bits per heavy atom. The van der Waals surface area contributed by atoms with Crippen LogP contribution in [0.2, 0.25) is 0 Å². The van der Waals surface area contributed by atoms with Crippen LogP contribution < -0.4 is 16.1 Å². The monoisotopic (exact) mass is 362 g/mol. The zero-order valence-corrected chi connectivity index (χ0v) is 15.2. The van der Waals surface area contributed by atoms with E-state index in [0.29, 0.717) is 39.0 Å². The zero-order chi connectivity index (χ0) is 18.8. The lowest BCUT2D eigenvalue weighted by atomic mass is 9.98. The van der Waals surface area contributed by atoms with Crippen molar-refractivity contribution in [2.45, 2.75) is 19.8 Å². The quantitative estimate of drug-likeness (QED) is 0.279. The zero-order valence-electron chi connectivity index (χ0n) is 15.2. The van der Waals surface area contributed by atoms with Crippen molar-refractivity contribution < 1.29 is 5.11 Å². The Morgan fingerprint density at radius 3 is 2.70 bits per heavy atom. The Bertz CT molecular complexity index is 1230. The highest BCUT2D eigenvalue weighted by Crippen LogP contribution is 2.30. The first-order chi connectivity index (χ1) is 13.2. The second-order valence-electron chi connectivity index (χ2n) is 6.66. The first-order valence-corrected chi connectivity index (χ1v) is 9.32. The highest BCUT2D eigenvalue weighted by molar-refractivity contribution is 6.19. The van der Waals surface area contributed by atoms with E-state index >= 15 is 0 Å². The number of fused-ring (bicyclic) bond motifs is 2. The molecule has 0 saturated heterocycles. The third kappa shape index (κ3) is 3.02. The molecule has 0 atom stereocenters. The van der Waals surface area contributed by atoms with Crippen molar-refractivity contribution in [2.24, 2.45) is 4.99 Å². The van der Waals surface area contributed by atoms with Gasteiger partial charge in [0.15, 0.2) is 5.43 Å². The highest BCUT2D eigenvalue weighted by atomic mass is 16.3. The number of hydrogen-bond acceptors (Lipinski definition) is 5.